The normalized spacial score (nSPS) is 12.0. The highest BCUT2D eigenvalue weighted by Gasteiger charge is 2.35. The lowest BCUT2D eigenvalue weighted by molar-refractivity contribution is -0.119. The summed E-state index contributed by atoms with van der Waals surface area (Å²) in [4.78, 5) is 34.3. The molecular formula is C27H27N3O3. The topological polar surface area (TPSA) is 65.6 Å². The molecule has 1 N–H and O–H groups in total. The zero-order chi connectivity index (χ0) is 23.4. The lowest BCUT2D eigenvalue weighted by Crippen LogP contribution is -2.43. The molecule has 6 heteroatoms. The molecule has 1 aromatic heterocycles. The van der Waals surface area contributed by atoms with Crippen molar-refractivity contribution in [3.63, 3.8) is 0 Å². The minimum atomic E-state index is -0.867. The first-order valence-electron chi connectivity index (χ1n) is 10.8. The first-order valence-corrected chi connectivity index (χ1v) is 10.8. The minimum Gasteiger partial charge on any atom is -0.495 e. The van der Waals surface area contributed by atoms with E-state index in [1.165, 1.54) is 0 Å². The number of aromatic nitrogens is 1. The largest absolute Gasteiger partial charge is 0.495 e. The summed E-state index contributed by atoms with van der Waals surface area (Å²) in [6, 6.07) is 23.5. The van der Waals surface area contributed by atoms with Crippen molar-refractivity contribution in [2.24, 2.45) is 0 Å². The quantitative estimate of drug-likeness (QED) is 0.403. The Hall–Kier alpha value is -3.90. The smallest absolute Gasteiger partial charge is 0.242 e. The molecule has 168 valence electrons. The summed E-state index contributed by atoms with van der Waals surface area (Å²) >= 11 is 0. The van der Waals surface area contributed by atoms with E-state index in [-0.39, 0.29) is 18.2 Å². The van der Waals surface area contributed by atoms with Crippen molar-refractivity contribution in [3.8, 4) is 5.75 Å². The van der Waals surface area contributed by atoms with E-state index in [2.05, 4.69) is 4.98 Å². The molecule has 1 atom stereocenters. The van der Waals surface area contributed by atoms with Gasteiger partial charge in [0.25, 0.3) is 0 Å². The molecule has 0 aliphatic heterocycles. The average Bonchev–Trinajstić information content (AvgIpc) is 3.26. The summed E-state index contributed by atoms with van der Waals surface area (Å²) in [5.74, 6) is 0.153. The molecule has 0 bridgehead atoms. The van der Waals surface area contributed by atoms with Crippen LogP contribution in [0.15, 0.2) is 85.1 Å². The number of aromatic amines is 1. The Labute approximate surface area is 193 Å². The van der Waals surface area contributed by atoms with Gasteiger partial charge in [-0.1, -0.05) is 60.7 Å². The van der Waals surface area contributed by atoms with Crippen LogP contribution >= 0.6 is 0 Å². The van der Waals surface area contributed by atoms with E-state index in [4.69, 9.17) is 4.74 Å². The molecule has 1 amide bonds. The first kappa shape index (κ1) is 22.3. The van der Waals surface area contributed by atoms with Gasteiger partial charge in [0.2, 0.25) is 5.91 Å². The average molecular weight is 442 g/mol. The van der Waals surface area contributed by atoms with E-state index in [9.17, 15) is 9.59 Å². The van der Waals surface area contributed by atoms with E-state index >= 15 is 0 Å². The molecule has 4 rings (SSSR count). The number of para-hydroxylation sites is 3. The molecule has 4 aromatic rings. The van der Waals surface area contributed by atoms with Gasteiger partial charge in [-0.25, -0.2) is 0 Å². The lowest BCUT2D eigenvalue weighted by atomic mass is 9.94. The number of methoxy groups -OCH3 is 1. The van der Waals surface area contributed by atoms with Crippen LogP contribution < -0.4 is 9.64 Å². The van der Waals surface area contributed by atoms with E-state index in [0.717, 1.165) is 16.5 Å². The number of rotatable bonds is 8. The van der Waals surface area contributed by atoms with Gasteiger partial charge in [-0.3, -0.25) is 14.5 Å². The third kappa shape index (κ3) is 4.52. The number of carbonyl (C=O) groups excluding carboxylic acids is 2. The fraction of sp³-hybridized carbons (Fsp3) is 0.185. The van der Waals surface area contributed by atoms with Gasteiger partial charge in [0.05, 0.1) is 19.3 Å². The Kier molecular flexibility index (Phi) is 6.56. The standard InChI is InChI=1S/C27H27N3O3/c1-29(2)18-25(31)30(23-15-9-10-16-24(23)33-3)26(19-11-5-4-6-12-19)27(32)21-17-28-22-14-8-7-13-20(21)22/h4-17,26,28H,18H2,1-3H3. The van der Waals surface area contributed by atoms with Crippen LogP contribution in [0.3, 0.4) is 0 Å². The summed E-state index contributed by atoms with van der Waals surface area (Å²) in [6.07, 6.45) is 1.72. The van der Waals surface area contributed by atoms with Gasteiger partial charge in [0.15, 0.2) is 5.78 Å². The Balaban J connectivity index is 1.93. The number of fused-ring (bicyclic) bond motifs is 1. The zero-order valence-corrected chi connectivity index (χ0v) is 19.0. The SMILES string of the molecule is COc1ccccc1N(C(=O)CN(C)C)C(C(=O)c1c[nH]c2ccccc12)c1ccccc1. The number of anilines is 1. The summed E-state index contributed by atoms with van der Waals surface area (Å²) in [5, 5.41) is 0.823. The molecule has 3 aromatic carbocycles. The number of carbonyl (C=O) groups is 2. The third-order valence-corrected chi connectivity index (χ3v) is 5.54. The number of amides is 1. The third-order valence-electron chi connectivity index (χ3n) is 5.54. The van der Waals surface area contributed by atoms with Crippen molar-refractivity contribution in [1.29, 1.82) is 0 Å². The number of H-pyrrole nitrogens is 1. The van der Waals surface area contributed by atoms with Crippen LogP contribution in [-0.2, 0) is 4.79 Å². The van der Waals surface area contributed by atoms with E-state index in [1.807, 2.05) is 86.9 Å². The Morgan fingerprint density at radius 3 is 2.30 bits per heavy atom. The van der Waals surface area contributed by atoms with Gasteiger partial charge in [0.1, 0.15) is 11.8 Å². The van der Waals surface area contributed by atoms with Crippen molar-refractivity contribution in [3.05, 3.63) is 96.2 Å². The molecule has 0 saturated heterocycles. The van der Waals surface area contributed by atoms with Crippen LogP contribution in [0.25, 0.3) is 10.9 Å². The second-order valence-electron chi connectivity index (χ2n) is 8.10. The Morgan fingerprint density at radius 2 is 1.58 bits per heavy atom. The summed E-state index contributed by atoms with van der Waals surface area (Å²) < 4.78 is 5.58. The van der Waals surface area contributed by atoms with E-state index < -0.39 is 6.04 Å². The predicted octanol–water partition coefficient (Wildman–Crippen LogP) is 4.70. The molecule has 0 spiro atoms. The number of nitrogens with zero attached hydrogens (tertiary/aromatic N) is 2. The minimum absolute atomic E-state index is 0.141. The number of hydrogen-bond donors (Lipinski definition) is 1. The zero-order valence-electron chi connectivity index (χ0n) is 19.0. The molecular weight excluding hydrogens is 414 g/mol. The first-order chi connectivity index (χ1) is 16.0. The highest BCUT2D eigenvalue weighted by molar-refractivity contribution is 6.15. The molecule has 1 unspecified atom stereocenters. The van der Waals surface area contributed by atoms with Gasteiger partial charge in [-0.05, 0) is 37.9 Å². The number of ketones is 1. The van der Waals surface area contributed by atoms with Crippen LogP contribution in [0.2, 0.25) is 0 Å². The highest BCUT2D eigenvalue weighted by Crippen LogP contribution is 2.37. The molecule has 0 saturated carbocycles. The Morgan fingerprint density at radius 1 is 0.909 bits per heavy atom. The number of nitrogens with one attached hydrogen (secondary N) is 1. The van der Waals surface area contributed by atoms with Gasteiger partial charge in [-0.15, -0.1) is 0 Å². The summed E-state index contributed by atoms with van der Waals surface area (Å²) in [5.41, 5.74) is 2.69. The van der Waals surface area contributed by atoms with Crippen LogP contribution in [0, 0.1) is 0 Å². The van der Waals surface area contributed by atoms with Crippen molar-refractivity contribution >= 4 is 28.3 Å². The second kappa shape index (κ2) is 9.71. The monoisotopic (exact) mass is 441 g/mol. The number of ether oxygens (including phenoxy) is 1. The van der Waals surface area contributed by atoms with Gasteiger partial charge >= 0.3 is 0 Å². The number of Topliss-reactive ketones (excluding diaryl/α,β-unsaturated/α-hetero) is 1. The van der Waals surface area contributed by atoms with E-state index in [1.54, 1.807) is 29.2 Å². The lowest BCUT2D eigenvalue weighted by Gasteiger charge is -2.33. The van der Waals surface area contributed by atoms with Crippen LogP contribution in [0.4, 0.5) is 5.69 Å². The summed E-state index contributed by atoms with van der Waals surface area (Å²) in [7, 11) is 5.22. The van der Waals surface area contributed by atoms with Gasteiger partial charge in [0, 0.05) is 22.7 Å². The fourth-order valence-electron chi connectivity index (χ4n) is 4.07. The predicted molar refractivity (Wildman–Crippen MR) is 131 cm³/mol. The van der Waals surface area contributed by atoms with Gasteiger partial charge in [-0.2, -0.15) is 0 Å². The number of benzene rings is 3. The maximum Gasteiger partial charge on any atom is 0.242 e. The highest BCUT2D eigenvalue weighted by atomic mass is 16.5. The molecule has 1 heterocycles. The molecule has 0 radical (unpaired) electrons. The van der Waals surface area contributed by atoms with Crippen molar-refractivity contribution in [2.45, 2.75) is 6.04 Å². The maximum atomic E-state index is 14.2. The molecule has 6 nitrogen and oxygen atoms in total. The maximum absolute atomic E-state index is 14.2. The van der Waals surface area contributed by atoms with Crippen molar-refractivity contribution in [2.75, 3.05) is 32.6 Å². The molecule has 0 aliphatic rings. The Bertz CT molecular complexity index is 1260. The van der Waals surface area contributed by atoms with E-state index in [0.29, 0.717) is 17.0 Å². The molecule has 0 fully saturated rings. The number of likely N-dealkylation sites (N-methyl/N-ethyl adjacent to an activating group) is 1. The molecule has 0 aliphatic carbocycles. The summed E-state index contributed by atoms with van der Waals surface area (Å²) in [6.45, 7) is 0.141. The van der Waals surface area contributed by atoms with Crippen molar-refractivity contribution < 1.29 is 14.3 Å². The number of hydrogen-bond acceptors (Lipinski definition) is 4. The molecule has 33 heavy (non-hydrogen) atoms. The van der Waals surface area contributed by atoms with Crippen LogP contribution in [-0.4, -0.2) is 49.3 Å². The second-order valence-corrected chi connectivity index (χ2v) is 8.10. The fourth-order valence-corrected chi connectivity index (χ4v) is 4.07. The van der Waals surface area contributed by atoms with Gasteiger partial charge < -0.3 is 14.6 Å². The van der Waals surface area contributed by atoms with Crippen LogP contribution in [0.1, 0.15) is 22.0 Å². The van der Waals surface area contributed by atoms with Crippen molar-refractivity contribution in [1.82, 2.24) is 9.88 Å². The van der Waals surface area contributed by atoms with Crippen LogP contribution in [0.5, 0.6) is 5.75 Å².